The number of ketones is 1. The third-order valence-corrected chi connectivity index (χ3v) is 6.96. The van der Waals surface area contributed by atoms with Crippen molar-refractivity contribution in [2.75, 3.05) is 32.6 Å². The van der Waals surface area contributed by atoms with Crippen LogP contribution in [0.3, 0.4) is 0 Å². The molecule has 1 atom stereocenters. The van der Waals surface area contributed by atoms with Gasteiger partial charge in [0.05, 0.1) is 28.6 Å². The van der Waals surface area contributed by atoms with Crippen LogP contribution in [0.4, 0.5) is 5.69 Å². The summed E-state index contributed by atoms with van der Waals surface area (Å²) >= 11 is 6.07. The molecule has 3 aromatic rings. The zero-order chi connectivity index (χ0) is 29.6. The minimum absolute atomic E-state index is 0.0237. The number of ether oxygens (including phenoxy) is 1. The first-order chi connectivity index (χ1) is 18.8. The molecule has 0 fully saturated rings. The van der Waals surface area contributed by atoms with Crippen LogP contribution in [0.5, 0.6) is 5.88 Å². The van der Waals surface area contributed by atoms with Crippen LogP contribution >= 0.6 is 11.6 Å². The van der Waals surface area contributed by atoms with Gasteiger partial charge >= 0.3 is 0 Å². The summed E-state index contributed by atoms with van der Waals surface area (Å²) in [6.45, 7) is 8.80. The number of aromatic nitrogens is 3. The fourth-order valence-electron chi connectivity index (χ4n) is 4.97. The van der Waals surface area contributed by atoms with E-state index in [0.717, 1.165) is 11.4 Å². The number of pyridine rings is 1. The molecule has 0 saturated carbocycles. The van der Waals surface area contributed by atoms with Gasteiger partial charge in [-0.2, -0.15) is 0 Å². The monoisotopic (exact) mass is 569 g/mol. The van der Waals surface area contributed by atoms with Crippen molar-refractivity contribution in [3.05, 3.63) is 69.2 Å². The van der Waals surface area contributed by atoms with Gasteiger partial charge < -0.3 is 15.0 Å². The number of hydrogen-bond acceptors (Lipinski definition) is 6. The molecule has 0 aliphatic heterocycles. The zero-order valence-electron chi connectivity index (χ0n) is 24.5. The van der Waals surface area contributed by atoms with Crippen LogP contribution in [0.15, 0.2) is 47.4 Å². The molecule has 1 aromatic carbocycles. The Bertz CT molecular complexity index is 1400. The van der Waals surface area contributed by atoms with Crippen molar-refractivity contribution in [1.82, 2.24) is 19.2 Å². The number of para-hydroxylation sites is 1. The van der Waals surface area contributed by atoms with Crippen LogP contribution in [0, 0.1) is 5.41 Å². The number of amides is 1. The number of anilines is 1. The van der Waals surface area contributed by atoms with Crippen LogP contribution in [0.25, 0.3) is 5.69 Å². The SMILES string of the molecule is CCOc1ncc(Cl)cc1C(=O)CCC(C)(C)CC(=O)Nc1c([C@@H](C)CN(C)C)n(C)n(-c2ccccc2)c1=O. The molecule has 0 aliphatic rings. The molecule has 0 saturated heterocycles. The summed E-state index contributed by atoms with van der Waals surface area (Å²) in [7, 11) is 5.78. The molecule has 1 amide bonds. The lowest BCUT2D eigenvalue weighted by Crippen LogP contribution is -2.27. The van der Waals surface area contributed by atoms with Gasteiger partial charge in [-0.05, 0) is 51.1 Å². The second-order valence-electron chi connectivity index (χ2n) is 11.2. The Balaban J connectivity index is 1.80. The number of carbonyl (C=O) groups is 2. The molecule has 0 radical (unpaired) electrons. The van der Waals surface area contributed by atoms with E-state index in [1.165, 1.54) is 6.20 Å². The van der Waals surface area contributed by atoms with Crippen LogP contribution in [0.1, 0.15) is 68.9 Å². The van der Waals surface area contributed by atoms with Crippen molar-refractivity contribution >= 4 is 29.0 Å². The van der Waals surface area contributed by atoms with Gasteiger partial charge in [-0.15, -0.1) is 0 Å². The normalized spacial score (nSPS) is 12.4. The quantitative estimate of drug-likeness (QED) is 0.280. The highest BCUT2D eigenvalue weighted by Gasteiger charge is 2.29. The molecule has 2 heterocycles. The second kappa shape index (κ2) is 13.3. The molecule has 10 heteroatoms. The molecule has 9 nitrogen and oxygen atoms in total. The standard InChI is InChI=1S/C30H40ClN5O4/c1-8-40-28-23(16-21(31)18-32-28)24(37)14-15-30(3,4)17-25(38)33-26-27(20(2)19-34(5)6)35(7)36(29(26)39)22-12-10-9-11-13-22/h9-13,16,18,20H,8,14-15,17,19H2,1-7H3,(H,33,38)/t20-/m0/s1. The Hall–Kier alpha value is -3.43. The van der Waals surface area contributed by atoms with E-state index in [1.54, 1.807) is 10.7 Å². The summed E-state index contributed by atoms with van der Waals surface area (Å²) in [5, 5.41) is 3.28. The molecular weight excluding hydrogens is 530 g/mol. The maximum atomic E-state index is 13.6. The van der Waals surface area contributed by atoms with Crippen LogP contribution in [-0.2, 0) is 11.8 Å². The lowest BCUT2D eigenvalue weighted by molar-refractivity contribution is -0.118. The molecule has 0 bridgehead atoms. The number of hydrogen-bond donors (Lipinski definition) is 1. The Kier molecular flexibility index (Phi) is 10.3. The average Bonchev–Trinajstić information content (AvgIpc) is 3.12. The Labute approximate surface area is 241 Å². The van der Waals surface area contributed by atoms with E-state index in [2.05, 4.69) is 10.3 Å². The molecule has 3 rings (SSSR count). The van der Waals surface area contributed by atoms with Gasteiger partial charge in [-0.25, -0.2) is 9.67 Å². The first-order valence-corrected chi connectivity index (χ1v) is 13.9. The Morgan fingerprint density at radius 2 is 1.88 bits per heavy atom. The van der Waals surface area contributed by atoms with Crippen molar-refractivity contribution in [1.29, 1.82) is 0 Å². The van der Waals surface area contributed by atoms with E-state index in [0.29, 0.717) is 30.2 Å². The van der Waals surface area contributed by atoms with Crippen molar-refractivity contribution in [3.8, 4) is 11.6 Å². The highest BCUT2D eigenvalue weighted by molar-refractivity contribution is 6.30. The van der Waals surface area contributed by atoms with Crippen molar-refractivity contribution in [3.63, 3.8) is 0 Å². The summed E-state index contributed by atoms with van der Waals surface area (Å²) in [5.74, 6) is -0.200. The number of likely N-dealkylation sites (N-methyl/N-ethyl adjacent to an activating group) is 1. The van der Waals surface area contributed by atoms with Gasteiger partial charge in [0.15, 0.2) is 5.78 Å². The molecule has 2 aromatic heterocycles. The summed E-state index contributed by atoms with van der Waals surface area (Å²) < 4.78 is 8.89. The van der Waals surface area contributed by atoms with E-state index in [4.69, 9.17) is 16.3 Å². The average molecular weight is 570 g/mol. The van der Waals surface area contributed by atoms with Crippen molar-refractivity contribution in [2.45, 2.75) is 52.9 Å². The maximum Gasteiger partial charge on any atom is 0.295 e. The first-order valence-electron chi connectivity index (χ1n) is 13.5. The predicted molar refractivity (Wildman–Crippen MR) is 159 cm³/mol. The highest BCUT2D eigenvalue weighted by Crippen LogP contribution is 2.31. The van der Waals surface area contributed by atoms with Gasteiger partial charge in [0, 0.05) is 38.5 Å². The van der Waals surface area contributed by atoms with Crippen molar-refractivity contribution in [2.24, 2.45) is 12.5 Å². The van der Waals surface area contributed by atoms with Gasteiger partial charge in [0.1, 0.15) is 5.69 Å². The van der Waals surface area contributed by atoms with E-state index in [1.807, 2.05) is 88.8 Å². The van der Waals surface area contributed by atoms with E-state index < -0.39 is 5.41 Å². The van der Waals surface area contributed by atoms with Gasteiger partial charge in [-0.3, -0.25) is 19.1 Å². The fraction of sp³-hybridized carbons (Fsp3) is 0.467. The lowest BCUT2D eigenvalue weighted by atomic mass is 9.83. The maximum absolute atomic E-state index is 13.6. The number of rotatable bonds is 13. The lowest BCUT2D eigenvalue weighted by Gasteiger charge is -2.24. The molecule has 1 N–H and O–H groups in total. The zero-order valence-corrected chi connectivity index (χ0v) is 25.2. The topological polar surface area (TPSA) is 98.5 Å². The number of benzene rings is 1. The van der Waals surface area contributed by atoms with Gasteiger partial charge in [0.2, 0.25) is 11.8 Å². The van der Waals surface area contributed by atoms with E-state index >= 15 is 0 Å². The van der Waals surface area contributed by atoms with Gasteiger partial charge in [-0.1, -0.05) is 50.6 Å². The Morgan fingerprint density at radius 3 is 2.50 bits per heavy atom. The van der Waals surface area contributed by atoms with E-state index in [9.17, 15) is 14.4 Å². The van der Waals surface area contributed by atoms with Gasteiger partial charge in [0.25, 0.3) is 5.56 Å². The first kappa shape index (κ1) is 31.1. The molecule has 0 spiro atoms. The van der Waals surface area contributed by atoms with Crippen LogP contribution < -0.4 is 15.6 Å². The minimum atomic E-state index is -0.514. The third kappa shape index (κ3) is 7.61. The summed E-state index contributed by atoms with van der Waals surface area (Å²) in [5.41, 5.74) is 1.28. The fourth-order valence-corrected chi connectivity index (χ4v) is 5.13. The smallest absolute Gasteiger partial charge is 0.295 e. The summed E-state index contributed by atoms with van der Waals surface area (Å²) in [4.78, 5) is 46.1. The second-order valence-corrected chi connectivity index (χ2v) is 11.6. The number of halogens is 1. The number of nitrogens with zero attached hydrogens (tertiary/aromatic N) is 4. The van der Waals surface area contributed by atoms with E-state index in [-0.39, 0.29) is 47.6 Å². The molecule has 0 unspecified atom stereocenters. The third-order valence-electron chi connectivity index (χ3n) is 6.75. The van der Waals surface area contributed by atoms with Crippen LogP contribution in [0.2, 0.25) is 5.02 Å². The highest BCUT2D eigenvalue weighted by atomic mass is 35.5. The molecular formula is C30H40ClN5O4. The molecule has 216 valence electrons. The number of carbonyl (C=O) groups excluding carboxylic acids is 2. The molecule has 0 aliphatic carbocycles. The summed E-state index contributed by atoms with van der Waals surface area (Å²) in [6.07, 6.45) is 2.22. The minimum Gasteiger partial charge on any atom is -0.477 e. The number of nitrogens with one attached hydrogen (secondary N) is 1. The largest absolute Gasteiger partial charge is 0.477 e. The van der Waals surface area contributed by atoms with Crippen molar-refractivity contribution < 1.29 is 14.3 Å². The Morgan fingerprint density at radius 1 is 1.20 bits per heavy atom. The molecule has 40 heavy (non-hydrogen) atoms. The predicted octanol–water partition coefficient (Wildman–Crippen LogP) is 5.31. The van der Waals surface area contributed by atoms with Crippen LogP contribution in [-0.4, -0.2) is 58.2 Å². The summed E-state index contributed by atoms with van der Waals surface area (Å²) in [6, 6.07) is 10.9. The number of Topliss-reactive ketones (excluding diaryl/α,β-unsaturated/α-hetero) is 1.